The molecular weight excluding hydrogens is 456 g/mol. The second-order valence-corrected chi connectivity index (χ2v) is 6.47. The van der Waals surface area contributed by atoms with Gasteiger partial charge in [-0.1, -0.05) is 0 Å². The number of hydrogen-bond acceptors (Lipinski definition) is 3. The summed E-state index contributed by atoms with van der Waals surface area (Å²) in [6.45, 7) is -1.16. The lowest BCUT2D eigenvalue weighted by atomic mass is 9.91. The van der Waals surface area contributed by atoms with E-state index < -0.39 is 54.9 Å². The first-order chi connectivity index (χ1) is 13.2. The fourth-order valence-electron chi connectivity index (χ4n) is 2.27. The summed E-state index contributed by atoms with van der Waals surface area (Å²) in [5, 5.41) is 1.10. The molecular formula is C14H16F12N2O2. The van der Waals surface area contributed by atoms with E-state index in [2.05, 4.69) is 0 Å². The van der Waals surface area contributed by atoms with Gasteiger partial charge in [-0.15, -0.1) is 0 Å². The van der Waals surface area contributed by atoms with Crippen LogP contribution in [0.3, 0.4) is 0 Å². The average molecular weight is 472 g/mol. The van der Waals surface area contributed by atoms with Gasteiger partial charge in [-0.05, 0) is 0 Å². The van der Waals surface area contributed by atoms with Gasteiger partial charge < -0.3 is 10.1 Å². The lowest BCUT2D eigenvalue weighted by molar-refractivity contribution is -0.418. The Morgan fingerprint density at radius 3 is 1.67 bits per heavy atom. The Morgan fingerprint density at radius 1 is 0.800 bits per heavy atom. The fraction of sp³-hybridized carbons (Fsp3) is 0.929. The summed E-state index contributed by atoms with van der Waals surface area (Å²) in [4.78, 5) is 12.8. The Bertz CT molecular complexity index is 615. The summed E-state index contributed by atoms with van der Waals surface area (Å²) in [6, 6.07) is 0. The van der Waals surface area contributed by atoms with Crippen molar-refractivity contribution in [3.05, 3.63) is 0 Å². The van der Waals surface area contributed by atoms with Gasteiger partial charge in [0, 0.05) is 33.1 Å². The molecule has 1 rings (SSSR count). The summed E-state index contributed by atoms with van der Waals surface area (Å²) in [5.41, 5.74) is 0. The summed E-state index contributed by atoms with van der Waals surface area (Å²) >= 11 is 0. The second kappa shape index (κ2) is 8.24. The Labute approximate surface area is 161 Å². The zero-order valence-corrected chi connectivity index (χ0v) is 15.0. The van der Waals surface area contributed by atoms with Crippen LogP contribution in [-0.4, -0.2) is 85.7 Å². The van der Waals surface area contributed by atoms with E-state index in [1.165, 1.54) is 4.90 Å². The average Bonchev–Trinajstić information content (AvgIpc) is 2.60. The van der Waals surface area contributed by atoms with Crippen molar-refractivity contribution < 1.29 is 62.2 Å². The highest BCUT2D eigenvalue weighted by atomic mass is 19.4. The van der Waals surface area contributed by atoms with Crippen LogP contribution in [0.1, 0.15) is 6.92 Å². The highest BCUT2D eigenvalue weighted by Gasteiger charge is 2.90. The van der Waals surface area contributed by atoms with Crippen molar-refractivity contribution in [2.75, 3.05) is 39.4 Å². The Morgan fingerprint density at radius 2 is 1.23 bits per heavy atom. The highest BCUT2D eigenvalue weighted by molar-refractivity contribution is 5.84. The molecule has 1 aliphatic rings. The number of carbonyl (C=O) groups is 1. The smallest absolute Gasteiger partial charge is 0.379 e. The number of rotatable bonds is 9. The number of alkyl halides is 12. The van der Waals surface area contributed by atoms with Crippen molar-refractivity contribution in [1.82, 2.24) is 10.2 Å². The van der Waals surface area contributed by atoms with Gasteiger partial charge in [0.1, 0.15) is 0 Å². The first-order valence-electron chi connectivity index (χ1n) is 8.10. The van der Waals surface area contributed by atoms with E-state index in [-0.39, 0.29) is 32.8 Å². The molecule has 1 heterocycles. The summed E-state index contributed by atoms with van der Waals surface area (Å²) in [7, 11) is 0. The molecule has 0 atom stereocenters. The van der Waals surface area contributed by atoms with Gasteiger partial charge in [-0.25, -0.2) is 0 Å². The number of carbonyl (C=O) groups excluding carboxylic acids is 1. The SMILES string of the molecule is CC(F)(F)C(F)(F)C(F)(F)C(F)(F)C(F)(F)C(F)(F)C(=O)NCCN1CCOCC1. The number of nitrogens with one attached hydrogen (secondary N) is 1. The number of hydrogen-bond donors (Lipinski definition) is 1. The maximum Gasteiger partial charge on any atom is 0.392 e. The van der Waals surface area contributed by atoms with Crippen molar-refractivity contribution >= 4 is 5.91 Å². The van der Waals surface area contributed by atoms with Crippen LogP contribution in [-0.2, 0) is 9.53 Å². The molecule has 1 amide bonds. The minimum atomic E-state index is -7.74. The van der Waals surface area contributed by atoms with Crippen molar-refractivity contribution in [3.8, 4) is 0 Å². The Kier molecular flexibility index (Phi) is 7.30. The van der Waals surface area contributed by atoms with Crippen molar-refractivity contribution in [2.24, 2.45) is 0 Å². The van der Waals surface area contributed by atoms with Crippen LogP contribution in [0.4, 0.5) is 52.7 Å². The number of nitrogens with zero attached hydrogens (tertiary/aromatic N) is 1. The predicted octanol–water partition coefficient (Wildman–Crippen LogP) is 3.27. The molecule has 0 bridgehead atoms. The lowest BCUT2D eigenvalue weighted by Gasteiger charge is -2.40. The molecule has 1 saturated heterocycles. The van der Waals surface area contributed by atoms with Gasteiger partial charge in [0.25, 0.3) is 5.91 Å². The molecule has 0 saturated carbocycles. The normalized spacial score (nSPS) is 18.4. The van der Waals surface area contributed by atoms with Crippen LogP contribution < -0.4 is 5.32 Å². The monoisotopic (exact) mass is 472 g/mol. The molecule has 0 unspecified atom stereocenters. The molecule has 0 aromatic heterocycles. The quantitative estimate of drug-likeness (QED) is 0.524. The van der Waals surface area contributed by atoms with Crippen LogP contribution in [0.5, 0.6) is 0 Å². The van der Waals surface area contributed by atoms with Gasteiger partial charge in [0.2, 0.25) is 0 Å². The third kappa shape index (κ3) is 4.29. The van der Waals surface area contributed by atoms with E-state index in [1.807, 2.05) is 0 Å². The van der Waals surface area contributed by atoms with Crippen LogP contribution in [0, 0.1) is 0 Å². The zero-order chi connectivity index (χ0) is 23.8. The van der Waals surface area contributed by atoms with E-state index in [0.717, 1.165) is 5.32 Å². The number of halogens is 12. The topological polar surface area (TPSA) is 41.6 Å². The first kappa shape index (κ1) is 26.6. The third-order valence-electron chi connectivity index (χ3n) is 4.23. The molecule has 1 aliphatic heterocycles. The van der Waals surface area contributed by atoms with Crippen molar-refractivity contribution in [1.29, 1.82) is 0 Å². The Hall–Kier alpha value is -1.45. The van der Waals surface area contributed by atoms with Gasteiger partial charge >= 0.3 is 35.5 Å². The molecule has 178 valence electrons. The summed E-state index contributed by atoms with van der Waals surface area (Å²) in [5.74, 6) is -45.8. The van der Waals surface area contributed by atoms with Crippen LogP contribution in [0.25, 0.3) is 0 Å². The van der Waals surface area contributed by atoms with Gasteiger partial charge in [-0.3, -0.25) is 9.69 Å². The minimum Gasteiger partial charge on any atom is -0.379 e. The predicted molar refractivity (Wildman–Crippen MR) is 75.6 cm³/mol. The molecule has 0 aromatic carbocycles. The van der Waals surface area contributed by atoms with Crippen LogP contribution in [0.15, 0.2) is 0 Å². The van der Waals surface area contributed by atoms with Crippen molar-refractivity contribution in [2.45, 2.75) is 42.5 Å². The van der Waals surface area contributed by atoms with Gasteiger partial charge in [0.15, 0.2) is 0 Å². The molecule has 1 N–H and O–H groups in total. The molecule has 1 fully saturated rings. The van der Waals surface area contributed by atoms with Gasteiger partial charge in [0.05, 0.1) is 13.2 Å². The lowest BCUT2D eigenvalue weighted by Crippen LogP contribution is -2.72. The molecule has 0 aromatic rings. The largest absolute Gasteiger partial charge is 0.392 e. The molecule has 16 heteroatoms. The first-order valence-corrected chi connectivity index (χ1v) is 8.10. The molecule has 4 nitrogen and oxygen atoms in total. The molecule has 30 heavy (non-hydrogen) atoms. The summed E-state index contributed by atoms with van der Waals surface area (Å²) in [6.07, 6.45) is 0. The van der Waals surface area contributed by atoms with E-state index in [9.17, 15) is 57.5 Å². The van der Waals surface area contributed by atoms with E-state index in [1.54, 1.807) is 0 Å². The van der Waals surface area contributed by atoms with E-state index >= 15 is 0 Å². The second-order valence-electron chi connectivity index (χ2n) is 6.47. The molecule has 0 spiro atoms. The number of amides is 1. The number of morpholine rings is 1. The molecule has 0 radical (unpaired) electrons. The van der Waals surface area contributed by atoms with Crippen LogP contribution >= 0.6 is 0 Å². The summed E-state index contributed by atoms with van der Waals surface area (Å²) < 4.78 is 164. The maximum atomic E-state index is 13.6. The highest BCUT2D eigenvalue weighted by Crippen LogP contribution is 2.59. The fourth-order valence-corrected chi connectivity index (χ4v) is 2.27. The third-order valence-corrected chi connectivity index (χ3v) is 4.23. The van der Waals surface area contributed by atoms with Crippen LogP contribution in [0.2, 0.25) is 0 Å². The standard InChI is InChI=1S/C14H16F12N2O2/c1-9(15,16)11(19,20)13(23,24)14(25,26)12(21,22)10(17,18)8(29)27-2-3-28-4-6-30-7-5-28/h2-7H2,1H3,(H,27,29). The molecule has 0 aliphatic carbocycles. The minimum absolute atomic E-state index is 0.208. The Balaban J connectivity index is 3.05. The zero-order valence-electron chi connectivity index (χ0n) is 15.0. The number of ether oxygens (including phenoxy) is 1. The van der Waals surface area contributed by atoms with Gasteiger partial charge in [-0.2, -0.15) is 52.7 Å². The maximum absolute atomic E-state index is 13.6. The van der Waals surface area contributed by atoms with E-state index in [4.69, 9.17) is 4.74 Å². The van der Waals surface area contributed by atoms with E-state index in [0.29, 0.717) is 0 Å². The van der Waals surface area contributed by atoms with Crippen molar-refractivity contribution in [3.63, 3.8) is 0 Å².